The van der Waals surface area contributed by atoms with Gasteiger partial charge in [-0.05, 0) is 50.4 Å². The summed E-state index contributed by atoms with van der Waals surface area (Å²) in [6.07, 6.45) is 5.11. The number of piperidine rings is 1. The Kier molecular flexibility index (Phi) is 4.09. The predicted octanol–water partition coefficient (Wildman–Crippen LogP) is 2.75. The van der Waals surface area contributed by atoms with Gasteiger partial charge in [-0.15, -0.1) is 0 Å². The van der Waals surface area contributed by atoms with E-state index in [0.29, 0.717) is 12.4 Å². The van der Waals surface area contributed by atoms with Crippen LogP contribution in [0.2, 0.25) is 0 Å². The third-order valence-electron chi connectivity index (χ3n) is 5.03. The molecule has 1 aliphatic heterocycles. The quantitative estimate of drug-likeness (QED) is 0.801. The van der Waals surface area contributed by atoms with Gasteiger partial charge in [0.1, 0.15) is 0 Å². The molecule has 1 saturated heterocycles. The van der Waals surface area contributed by atoms with E-state index in [1.807, 2.05) is 19.1 Å². The van der Waals surface area contributed by atoms with E-state index in [9.17, 15) is 10.2 Å². The molecule has 3 atom stereocenters. The van der Waals surface area contributed by atoms with Gasteiger partial charge >= 0.3 is 0 Å². The first kappa shape index (κ1) is 14.7. The van der Waals surface area contributed by atoms with Gasteiger partial charge in [0.15, 0.2) is 11.5 Å². The molecule has 4 heteroatoms. The van der Waals surface area contributed by atoms with Crippen molar-refractivity contribution in [3.05, 3.63) is 23.8 Å². The number of phenolic OH excluding ortho intramolecular Hbond substituents is 1. The summed E-state index contributed by atoms with van der Waals surface area (Å²) >= 11 is 0. The number of nitrogens with one attached hydrogen (secondary N) is 1. The van der Waals surface area contributed by atoms with Crippen molar-refractivity contribution < 1.29 is 14.9 Å². The molecule has 2 fully saturated rings. The number of hydrogen-bond acceptors (Lipinski definition) is 4. The minimum Gasteiger partial charge on any atom is -0.504 e. The third-order valence-corrected chi connectivity index (χ3v) is 5.03. The lowest BCUT2D eigenvalue weighted by molar-refractivity contribution is -0.0861. The van der Waals surface area contributed by atoms with E-state index in [1.54, 1.807) is 6.07 Å². The van der Waals surface area contributed by atoms with E-state index in [4.69, 9.17) is 4.74 Å². The van der Waals surface area contributed by atoms with Gasteiger partial charge in [0.05, 0.1) is 12.2 Å². The monoisotopic (exact) mass is 291 g/mol. The largest absolute Gasteiger partial charge is 0.504 e. The summed E-state index contributed by atoms with van der Waals surface area (Å²) < 4.78 is 5.49. The van der Waals surface area contributed by atoms with Crippen LogP contribution in [-0.4, -0.2) is 29.0 Å². The molecule has 4 nitrogen and oxygen atoms in total. The van der Waals surface area contributed by atoms with Crippen LogP contribution in [0.25, 0.3) is 0 Å². The maximum absolute atomic E-state index is 10.9. The molecule has 1 saturated carbocycles. The number of hydrogen-bond donors (Lipinski definition) is 3. The second-order valence-electron chi connectivity index (χ2n) is 6.30. The van der Waals surface area contributed by atoms with E-state index < -0.39 is 5.60 Å². The molecule has 3 N–H and O–H groups in total. The highest BCUT2D eigenvalue weighted by Gasteiger charge is 2.45. The summed E-state index contributed by atoms with van der Waals surface area (Å²) in [5.74, 6) is 0.955. The second kappa shape index (κ2) is 5.85. The molecule has 1 aromatic carbocycles. The molecule has 0 amide bonds. The minimum absolute atomic E-state index is 0.142. The third kappa shape index (κ3) is 2.74. The zero-order valence-electron chi connectivity index (χ0n) is 12.6. The van der Waals surface area contributed by atoms with Gasteiger partial charge in [0, 0.05) is 12.0 Å². The molecule has 0 bridgehead atoms. The number of ether oxygens (including phenoxy) is 1. The van der Waals surface area contributed by atoms with Crippen molar-refractivity contribution in [2.24, 2.45) is 5.92 Å². The Labute approximate surface area is 126 Å². The summed E-state index contributed by atoms with van der Waals surface area (Å²) in [6, 6.07) is 5.69. The average molecular weight is 291 g/mol. The van der Waals surface area contributed by atoms with Gasteiger partial charge in [-0.2, -0.15) is 0 Å². The van der Waals surface area contributed by atoms with Gasteiger partial charge in [0.25, 0.3) is 0 Å². The Bertz CT molecular complexity index is 501. The van der Waals surface area contributed by atoms with Crippen LogP contribution in [0.3, 0.4) is 0 Å². The standard InChI is InChI=1S/C17H25NO3/c1-2-21-15-11-12(6-7-14(15)19)16-13-5-3-4-8-17(13,20)9-10-18-16/h6-7,11,13,16,18-20H,2-5,8-10H2,1H3/t13-,16+,17+/m1/s1. The number of aliphatic hydroxyl groups is 1. The summed E-state index contributed by atoms with van der Waals surface area (Å²) in [5.41, 5.74) is 0.568. The lowest BCUT2D eigenvalue weighted by atomic mass is 9.67. The first-order chi connectivity index (χ1) is 10.1. The van der Waals surface area contributed by atoms with E-state index in [1.165, 1.54) is 6.42 Å². The maximum atomic E-state index is 10.9. The van der Waals surface area contributed by atoms with Gasteiger partial charge in [-0.1, -0.05) is 18.9 Å². The van der Waals surface area contributed by atoms with Crippen LogP contribution in [-0.2, 0) is 0 Å². The van der Waals surface area contributed by atoms with Crippen LogP contribution in [0.15, 0.2) is 18.2 Å². The molecular weight excluding hydrogens is 266 g/mol. The minimum atomic E-state index is -0.530. The smallest absolute Gasteiger partial charge is 0.161 e. The number of benzene rings is 1. The van der Waals surface area contributed by atoms with Crippen LogP contribution in [0.5, 0.6) is 11.5 Å². The fourth-order valence-corrected chi connectivity index (χ4v) is 3.97. The van der Waals surface area contributed by atoms with Gasteiger partial charge in [0.2, 0.25) is 0 Å². The van der Waals surface area contributed by atoms with Crippen LogP contribution in [0, 0.1) is 5.92 Å². The SMILES string of the molecule is CCOc1cc([C@@H]2NCC[C@@]3(O)CCCC[C@H]23)ccc1O. The van der Waals surface area contributed by atoms with E-state index in [0.717, 1.165) is 37.8 Å². The normalized spacial score (nSPS) is 32.5. The number of phenols is 1. The van der Waals surface area contributed by atoms with Gasteiger partial charge in [-0.25, -0.2) is 0 Å². The molecule has 1 aromatic rings. The highest BCUT2D eigenvalue weighted by molar-refractivity contribution is 5.43. The van der Waals surface area contributed by atoms with Gasteiger partial charge in [-0.3, -0.25) is 0 Å². The van der Waals surface area contributed by atoms with Crippen LogP contribution >= 0.6 is 0 Å². The maximum Gasteiger partial charge on any atom is 0.161 e. The van der Waals surface area contributed by atoms with Gasteiger partial charge < -0.3 is 20.3 Å². The number of aromatic hydroxyl groups is 1. The molecule has 1 heterocycles. The molecular formula is C17H25NO3. The molecule has 3 rings (SSSR count). The topological polar surface area (TPSA) is 61.7 Å². The zero-order chi connectivity index (χ0) is 14.9. The molecule has 116 valence electrons. The molecule has 0 spiro atoms. The molecule has 2 aliphatic rings. The predicted molar refractivity (Wildman–Crippen MR) is 81.5 cm³/mol. The second-order valence-corrected chi connectivity index (χ2v) is 6.30. The first-order valence-electron chi connectivity index (χ1n) is 8.05. The van der Waals surface area contributed by atoms with E-state index >= 15 is 0 Å². The van der Waals surface area contributed by atoms with E-state index in [-0.39, 0.29) is 17.7 Å². The van der Waals surface area contributed by atoms with Crippen molar-refractivity contribution in [3.63, 3.8) is 0 Å². The van der Waals surface area contributed by atoms with Crippen molar-refractivity contribution in [3.8, 4) is 11.5 Å². The number of rotatable bonds is 3. The van der Waals surface area contributed by atoms with E-state index in [2.05, 4.69) is 5.32 Å². The van der Waals surface area contributed by atoms with Crippen molar-refractivity contribution in [1.82, 2.24) is 5.32 Å². The Morgan fingerprint density at radius 2 is 2.19 bits per heavy atom. The molecule has 21 heavy (non-hydrogen) atoms. The summed E-state index contributed by atoms with van der Waals surface area (Å²) in [6.45, 7) is 3.27. The van der Waals surface area contributed by atoms with Crippen LogP contribution in [0.1, 0.15) is 50.6 Å². The van der Waals surface area contributed by atoms with Crippen molar-refractivity contribution in [2.45, 2.75) is 50.7 Å². The number of fused-ring (bicyclic) bond motifs is 1. The Morgan fingerprint density at radius 3 is 3.00 bits per heavy atom. The van der Waals surface area contributed by atoms with Crippen molar-refractivity contribution >= 4 is 0 Å². The molecule has 0 radical (unpaired) electrons. The lowest BCUT2D eigenvalue weighted by Crippen LogP contribution is -2.53. The van der Waals surface area contributed by atoms with Crippen molar-refractivity contribution in [1.29, 1.82) is 0 Å². The molecule has 1 aliphatic carbocycles. The zero-order valence-corrected chi connectivity index (χ0v) is 12.6. The summed E-state index contributed by atoms with van der Waals surface area (Å²) in [5, 5.41) is 24.3. The average Bonchev–Trinajstić information content (AvgIpc) is 2.48. The highest BCUT2D eigenvalue weighted by Crippen LogP contribution is 2.46. The molecule has 0 aromatic heterocycles. The van der Waals surface area contributed by atoms with Crippen LogP contribution in [0.4, 0.5) is 0 Å². The van der Waals surface area contributed by atoms with Crippen molar-refractivity contribution in [2.75, 3.05) is 13.2 Å². The Hall–Kier alpha value is -1.26. The molecule has 0 unspecified atom stereocenters. The summed E-state index contributed by atoms with van der Waals surface area (Å²) in [7, 11) is 0. The fourth-order valence-electron chi connectivity index (χ4n) is 3.97. The Balaban J connectivity index is 1.89. The fraction of sp³-hybridized carbons (Fsp3) is 0.647. The lowest BCUT2D eigenvalue weighted by Gasteiger charge is -2.48. The Morgan fingerprint density at radius 1 is 1.33 bits per heavy atom. The highest BCUT2D eigenvalue weighted by atomic mass is 16.5. The van der Waals surface area contributed by atoms with Crippen LogP contribution < -0.4 is 10.1 Å². The first-order valence-corrected chi connectivity index (χ1v) is 8.05. The summed E-state index contributed by atoms with van der Waals surface area (Å²) in [4.78, 5) is 0.